The number of nitrogens with zero attached hydrogens (tertiary/aromatic N) is 1. The Morgan fingerprint density at radius 3 is 2.38 bits per heavy atom. The molecular formula is C15H26N2O4. The van der Waals surface area contributed by atoms with Crippen molar-refractivity contribution in [1.29, 1.82) is 0 Å². The molecule has 0 bridgehead atoms. The van der Waals surface area contributed by atoms with E-state index in [0.717, 1.165) is 32.1 Å². The Hall–Kier alpha value is -1.14. The highest BCUT2D eigenvalue weighted by atomic mass is 16.4. The number of likely N-dealkylation sites (tertiary alicyclic amines) is 1. The number of carbonyl (C=O) groups is 2. The molecule has 1 heterocycles. The van der Waals surface area contributed by atoms with E-state index in [1.165, 1.54) is 0 Å². The van der Waals surface area contributed by atoms with Crippen molar-refractivity contribution in [2.45, 2.75) is 57.1 Å². The zero-order valence-corrected chi connectivity index (χ0v) is 12.5. The molecule has 0 aromatic carbocycles. The molecule has 1 saturated heterocycles. The molecule has 6 heteroatoms. The molecule has 1 aliphatic heterocycles. The van der Waals surface area contributed by atoms with Gasteiger partial charge < -0.3 is 20.4 Å². The van der Waals surface area contributed by atoms with Crippen LogP contribution in [0.1, 0.15) is 44.9 Å². The first-order chi connectivity index (χ1) is 10.1. The van der Waals surface area contributed by atoms with Gasteiger partial charge >= 0.3 is 5.97 Å². The predicted octanol–water partition coefficient (Wildman–Crippen LogP) is 0.593. The fourth-order valence-corrected chi connectivity index (χ4v) is 3.23. The second-order valence-electron chi connectivity index (χ2n) is 6.19. The summed E-state index contributed by atoms with van der Waals surface area (Å²) in [5.41, 5.74) is 0. The van der Waals surface area contributed by atoms with Gasteiger partial charge in [-0.25, -0.2) is 0 Å². The Bertz CT molecular complexity index is 367. The lowest BCUT2D eigenvalue weighted by molar-refractivity contribution is -0.145. The lowest BCUT2D eigenvalue weighted by Gasteiger charge is -2.31. The zero-order chi connectivity index (χ0) is 15.2. The average molecular weight is 298 g/mol. The van der Waals surface area contributed by atoms with Gasteiger partial charge in [0.25, 0.3) is 0 Å². The average Bonchev–Trinajstić information content (AvgIpc) is 2.69. The summed E-state index contributed by atoms with van der Waals surface area (Å²) >= 11 is 0. The van der Waals surface area contributed by atoms with Gasteiger partial charge in [-0.15, -0.1) is 0 Å². The summed E-state index contributed by atoms with van der Waals surface area (Å²) in [7, 11) is 0. The number of carboxylic acids is 1. The molecule has 1 saturated carbocycles. The zero-order valence-electron chi connectivity index (χ0n) is 12.5. The first-order valence-electron chi connectivity index (χ1n) is 8.00. The van der Waals surface area contributed by atoms with E-state index in [9.17, 15) is 14.7 Å². The number of nitrogens with one attached hydrogen (secondary N) is 1. The summed E-state index contributed by atoms with van der Waals surface area (Å²) in [5.74, 6) is -1.07. The number of hydrogen-bond acceptors (Lipinski definition) is 4. The van der Waals surface area contributed by atoms with Crippen molar-refractivity contribution in [3.63, 3.8) is 0 Å². The first kappa shape index (κ1) is 16.2. The van der Waals surface area contributed by atoms with Gasteiger partial charge in [-0.2, -0.15) is 0 Å². The number of piperidine rings is 1. The molecule has 120 valence electrons. The van der Waals surface area contributed by atoms with Gasteiger partial charge in [-0.1, -0.05) is 19.3 Å². The Kier molecular flexibility index (Phi) is 5.99. The van der Waals surface area contributed by atoms with Crippen molar-refractivity contribution >= 4 is 11.9 Å². The Morgan fingerprint density at radius 2 is 1.71 bits per heavy atom. The summed E-state index contributed by atoms with van der Waals surface area (Å²) < 4.78 is 0. The van der Waals surface area contributed by atoms with E-state index in [-0.39, 0.29) is 30.5 Å². The minimum Gasteiger partial charge on any atom is -0.481 e. The fraction of sp³-hybridized carbons (Fsp3) is 0.867. The van der Waals surface area contributed by atoms with Gasteiger partial charge in [0, 0.05) is 19.1 Å². The van der Waals surface area contributed by atoms with E-state index in [2.05, 4.69) is 5.32 Å². The summed E-state index contributed by atoms with van der Waals surface area (Å²) in [6.07, 6.45) is 5.71. The number of hydrogen-bond donors (Lipinski definition) is 3. The molecule has 3 N–H and O–H groups in total. The van der Waals surface area contributed by atoms with Crippen molar-refractivity contribution in [3.05, 3.63) is 0 Å². The number of aliphatic carboxylic acids is 1. The number of aliphatic hydroxyl groups excluding tert-OH is 1. The molecular weight excluding hydrogens is 272 g/mol. The summed E-state index contributed by atoms with van der Waals surface area (Å²) in [5, 5.41) is 22.1. The molecule has 1 aliphatic carbocycles. The lowest BCUT2D eigenvalue weighted by Crippen LogP contribution is -2.48. The van der Waals surface area contributed by atoms with Gasteiger partial charge in [0.1, 0.15) is 0 Å². The van der Waals surface area contributed by atoms with E-state index in [4.69, 9.17) is 5.11 Å². The maximum absolute atomic E-state index is 12.1. The number of carboxylic acid groups (broad SMARTS) is 1. The highest BCUT2D eigenvalue weighted by Gasteiger charge is 2.28. The van der Waals surface area contributed by atoms with Crippen LogP contribution in [0.15, 0.2) is 0 Å². The fourth-order valence-electron chi connectivity index (χ4n) is 3.23. The van der Waals surface area contributed by atoms with Gasteiger partial charge in [0.15, 0.2) is 0 Å². The maximum Gasteiger partial charge on any atom is 0.306 e. The van der Waals surface area contributed by atoms with Crippen LogP contribution in [0.3, 0.4) is 0 Å². The van der Waals surface area contributed by atoms with Crippen LogP contribution in [0.4, 0.5) is 0 Å². The quantitative estimate of drug-likeness (QED) is 0.661. The van der Waals surface area contributed by atoms with E-state index in [1.54, 1.807) is 4.90 Å². The number of amides is 1. The Labute approximate surface area is 125 Å². The third-order valence-corrected chi connectivity index (χ3v) is 4.69. The standard InChI is InChI=1S/C15H26N2O4/c18-13-5-3-1-2-4-12(13)16-10-14(19)17-8-6-11(7-9-17)15(20)21/h11-13,16,18H,1-10H2,(H,20,21). The highest BCUT2D eigenvalue weighted by Crippen LogP contribution is 2.19. The maximum atomic E-state index is 12.1. The van der Waals surface area contributed by atoms with E-state index in [1.807, 2.05) is 0 Å². The van der Waals surface area contributed by atoms with Crippen LogP contribution in [-0.2, 0) is 9.59 Å². The molecule has 0 aromatic heterocycles. The number of aliphatic hydroxyl groups is 1. The molecule has 0 radical (unpaired) electrons. The van der Waals surface area contributed by atoms with Crippen LogP contribution >= 0.6 is 0 Å². The molecule has 2 unspecified atom stereocenters. The van der Waals surface area contributed by atoms with Crippen LogP contribution in [0.5, 0.6) is 0 Å². The molecule has 6 nitrogen and oxygen atoms in total. The predicted molar refractivity (Wildman–Crippen MR) is 77.8 cm³/mol. The first-order valence-corrected chi connectivity index (χ1v) is 8.00. The largest absolute Gasteiger partial charge is 0.481 e. The molecule has 2 atom stereocenters. The Balaban J connectivity index is 1.73. The van der Waals surface area contributed by atoms with Gasteiger partial charge in [0.05, 0.1) is 18.6 Å². The van der Waals surface area contributed by atoms with Crippen LogP contribution in [0.2, 0.25) is 0 Å². The van der Waals surface area contributed by atoms with Crippen LogP contribution in [-0.4, -0.2) is 58.8 Å². The van der Waals surface area contributed by atoms with Gasteiger partial charge in [0.2, 0.25) is 5.91 Å². The molecule has 2 aliphatic rings. The molecule has 0 aromatic rings. The van der Waals surface area contributed by atoms with Crippen LogP contribution < -0.4 is 5.32 Å². The van der Waals surface area contributed by atoms with E-state index < -0.39 is 5.97 Å². The topological polar surface area (TPSA) is 89.9 Å². The minimum absolute atomic E-state index is 0.00742. The van der Waals surface area contributed by atoms with Crippen molar-refractivity contribution in [1.82, 2.24) is 10.2 Å². The SMILES string of the molecule is O=C(O)C1CCN(C(=O)CNC2CCCCCC2O)CC1. The normalized spacial score (nSPS) is 28.1. The Morgan fingerprint density at radius 1 is 1.05 bits per heavy atom. The third-order valence-electron chi connectivity index (χ3n) is 4.69. The molecule has 21 heavy (non-hydrogen) atoms. The lowest BCUT2D eigenvalue weighted by atomic mass is 9.97. The van der Waals surface area contributed by atoms with E-state index in [0.29, 0.717) is 25.9 Å². The minimum atomic E-state index is -0.762. The summed E-state index contributed by atoms with van der Waals surface area (Å²) in [4.78, 5) is 24.8. The van der Waals surface area contributed by atoms with Crippen molar-refractivity contribution in [2.75, 3.05) is 19.6 Å². The van der Waals surface area contributed by atoms with E-state index >= 15 is 0 Å². The second-order valence-corrected chi connectivity index (χ2v) is 6.19. The van der Waals surface area contributed by atoms with Gasteiger partial charge in [-0.05, 0) is 25.7 Å². The van der Waals surface area contributed by atoms with Gasteiger partial charge in [-0.3, -0.25) is 9.59 Å². The third kappa shape index (κ3) is 4.68. The highest BCUT2D eigenvalue weighted by molar-refractivity contribution is 5.79. The van der Waals surface area contributed by atoms with Crippen molar-refractivity contribution in [3.8, 4) is 0 Å². The molecule has 1 amide bonds. The molecule has 0 spiro atoms. The summed E-state index contributed by atoms with van der Waals surface area (Å²) in [6.45, 7) is 1.27. The molecule has 2 fully saturated rings. The van der Waals surface area contributed by atoms with Crippen molar-refractivity contribution in [2.24, 2.45) is 5.92 Å². The number of rotatable bonds is 4. The monoisotopic (exact) mass is 298 g/mol. The van der Waals surface area contributed by atoms with Crippen LogP contribution in [0.25, 0.3) is 0 Å². The number of carbonyl (C=O) groups excluding carboxylic acids is 1. The van der Waals surface area contributed by atoms with Crippen molar-refractivity contribution < 1.29 is 19.8 Å². The summed E-state index contributed by atoms with van der Waals surface area (Å²) in [6, 6.07) is 0.00742. The molecule has 2 rings (SSSR count). The smallest absolute Gasteiger partial charge is 0.306 e. The van der Waals surface area contributed by atoms with Crippen LogP contribution in [0, 0.1) is 5.92 Å². The second kappa shape index (κ2) is 7.75.